The molecule has 0 bridgehead atoms. The van der Waals surface area contributed by atoms with Crippen LogP contribution in [0.25, 0.3) is 0 Å². The van der Waals surface area contributed by atoms with Gasteiger partial charge in [0.25, 0.3) is 10.2 Å². The number of hydrogen-bond acceptors (Lipinski definition) is 4. The van der Waals surface area contributed by atoms with Gasteiger partial charge in [-0.1, -0.05) is 19.8 Å². The van der Waals surface area contributed by atoms with Crippen molar-refractivity contribution in [2.24, 2.45) is 0 Å². The molecule has 1 N–H and O–H groups in total. The lowest BCUT2D eigenvalue weighted by Crippen LogP contribution is -2.53. The number of carboxylic acid groups (broad SMARTS) is 1. The van der Waals surface area contributed by atoms with Crippen LogP contribution < -0.4 is 0 Å². The minimum atomic E-state index is -3.66. The van der Waals surface area contributed by atoms with Crippen LogP contribution in [0, 0.1) is 0 Å². The van der Waals surface area contributed by atoms with Gasteiger partial charge in [0.1, 0.15) is 6.04 Å². The van der Waals surface area contributed by atoms with Crippen LogP contribution in [0.1, 0.15) is 39.0 Å². The summed E-state index contributed by atoms with van der Waals surface area (Å²) in [6, 6.07) is -0.927. The Kier molecular flexibility index (Phi) is 5.33. The molecule has 0 aromatic heterocycles. The molecule has 2 atom stereocenters. The van der Waals surface area contributed by atoms with Crippen LogP contribution in [-0.2, 0) is 15.0 Å². The topological polar surface area (TPSA) is 77.9 Å². The average molecular weight is 322 g/mol. The highest BCUT2D eigenvalue weighted by molar-refractivity contribution is 8.01. The Morgan fingerprint density at radius 3 is 2.50 bits per heavy atom. The summed E-state index contributed by atoms with van der Waals surface area (Å²) in [5.74, 6) is -0.704. The highest BCUT2D eigenvalue weighted by atomic mass is 32.2. The van der Waals surface area contributed by atoms with Crippen LogP contribution in [-0.4, -0.2) is 58.4 Å². The van der Waals surface area contributed by atoms with Gasteiger partial charge < -0.3 is 5.11 Å². The number of nitrogens with zero attached hydrogens (tertiary/aromatic N) is 2. The normalized spacial score (nSPS) is 29.6. The van der Waals surface area contributed by atoms with Crippen LogP contribution >= 0.6 is 11.8 Å². The van der Waals surface area contributed by atoms with E-state index in [1.165, 1.54) is 20.4 Å². The van der Waals surface area contributed by atoms with Crippen LogP contribution in [0.4, 0.5) is 0 Å². The Morgan fingerprint density at radius 2 is 1.95 bits per heavy atom. The second-order valence-electron chi connectivity index (χ2n) is 5.23. The molecule has 2 unspecified atom stereocenters. The molecule has 0 radical (unpaired) electrons. The predicted molar refractivity (Wildman–Crippen MR) is 78.8 cm³/mol. The summed E-state index contributed by atoms with van der Waals surface area (Å²) in [4.78, 5) is 11.4. The minimum absolute atomic E-state index is 0.243. The molecule has 20 heavy (non-hydrogen) atoms. The molecule has 0 spiro atoms. The molecule has 2 aliphatic heterocycles. The van der Waals surface area contributed by atoms with Crippen molar-refractivity contribution in [2.45, 2.75) is 50.4 Å². The number of aliphatic carboxylic acids is 1. The van der Waals surface area contributed by atoms with Gasteiger partial charge in [-0.3, -0.25) is 4.79 Å². The summed E-state index contributed by atoms with van der Waals surface area (Å²) < 4.78 is 28.2. The van der Waals surface area contributed by atoms with E-state index in [1.54, 1.807) is 0 Å². The molecular weight excluding hydrogens is 300 g/mol. The largest absolute Gasteiger partial charge is 0.480 e. The highest BCUT2D eigenvalue weighted by Gasteiger charge is 2.47. The zero-order valence-electron chi connectivity index (χ0n) is 11.7. The van der Waals surface area contributed by atoms with Crippen molar-refractivity contribution in [1.29, 1.82) is 0 Å². The van der Waals surface area contributed by atoms with Crippen LogP contribution in [0.2, 0.25) is 0 Å². The van der Waals surface area contributed by atoms with Crippen molar-refractivity contribution in [3.05, 3.63) is 0 Å². The molecule has 116 valence electrons. The second-order valence-corrected chi connectivity index (χ2v) is 8.27. The summed E-state index contributed by atoms with van der Waals surface area (Å²) in [5.41, 5.74) is 0. The predicted octanol–water partition coefficient (Wildman–Crippen LogP) is 1.35. The Labute approximate surface area is 124 Å². The molecule has 2 aliphatic rings. The first kappa shape index (κ1) is 16.1. The van der Waals surface area contributed by atoms with Crippen LogP contribution in [0.3, 0.4) is 0 Å². The Bertz CT molecular complexity index is 448. The summed E-state index contributed by atoms with van der Waals surface area (Å²) in [5, 5.41) is 9.05. The van der Waals surface area contributed by atoms with Gasteiger partial charge in [-0.15, -0.1) is 11.8 Å². The van der Waals surface area contributed by atoms with Crippen molar-refractivity contribution in [3.63, 3.8) is 0 Å². The van der Waals surface area contributed by atoms with Gasteiger partial charge in [-0.05, 0) is 19.3 Å². The molecule has 0 aromatic carbocycles. The Balaban J connectivity index is 2.25. The molecule has 0 saturated carbocycles. The lowest BCUT2D eigenvalue weighted by molar-refractivity contribution is -0.140. The molecule has 8 heteroatoms. The second kappa shape index (κ2) is 6.64. The molecule has 6 nitrogen and oxygen atoms in total. The first-order valence-electron chi connectivity index (χ1n) is 7.11. The van der Waals surface area contributed by atoms with Gasteiger partial charge in [0, 0.05) is 18.8 Å². The van der Waals surface area contributed by atoms with Gasteiger partial charge in [0.15, 0.2) is 0 Å². The number of piperidine rings is 1. The molecule has 2 saturated heterocycles. The van der Waals surface area contributed by atoms with Crippen molar-refractivity contribution in [3.8, 4) is 0 Å². The third-order valence-corrected chi connectivity index (χ3v) is 7.31. The first-order valence-corrected chi connectivity index (χ1v) is 9.56. The number of thioether (sulfide) groups is 1. The molecular formula is C12H22N2O4S2. The molecule has 2 heterocycles. The van der Waals surface area contributed by atoms with E-state index >= 15 is 0 Å². The fourth-order valence-electron chi connectivity index (χ4n) is 2.73. The number of rotatable bonds is 5. The van der Waals surface area contributed by atoms with E-state index in [9.17, 15) is 18.3 Å². The van der Waals surface area contributed by atoms with E-state index in [4.69, 9.17) is 0 Å². The molecule has 0 aliphatic carbocycles. The fourth-order valence-corrected chi connectivity index (χ4v) is 6.61. The van der Waals surface area contributed by atoms with Gasteiger partial charge in [-0.2, -0.15) is 17.0 Å². The van der Waals surface area contributed by atoms with Gasteiger partial charge in [-0.25, -0.2) is 0 Å². The van der Waals surface area contributed by atoms with E-state index in [-0.39, 0.29) is 5.37 Å². The Morgan fingerprint density at radius 1 is 1.30 bits per heavy atom. The SMILES string of the molecule is CCCC1SCC(C(=O)O)N1S(=O)(=O)N1CCCCC1. The number of hydrogen-bond donors (Lipinski definition) is 1. The van der Waals surface area contributed by atoms with Crippen LogP contribution in [0.5, 0.6) is 0 Å². The lowest BCUT2D eigenvalue weighted by atomic mass is 10.2. The summed E-state index contributed by atoms with van der Waals surface area (Å²) in [6.45, 7) is 3.00. The van der Waals surface area contributed by atoms with E-state index in [2.05, 4.69) is 0 Å². The third kappa shape index (κ3) is 3.13. The fraction of sp³-hybridized carbons (Fsp3) is 0.917. The van der Waals surface area contributed by atoms with Crippen molar-refractivity contribution in [2.75, 3.05) is 18.8 Å². The van der Waals surface area contributed by atoms with Crippen molar-refractivity contribution < 1.29 is 18.3 Å². The number of carboxylic acids is 1. The maximum Gasteiger partial charge on any atom is 0.322 e. The van der Waals surface area contributed by atoms with E-state index in [1.807, 2.05) is 6.92 Å². The maximum atomic E-state index is 12.8. The zero-order valence-corrected chi connectivity index (χ0v) is 13.3. The van der Waals surface area contributed by atoms with Crippen molar-refractivity contribution >= 4 is 27.9 Å². The van der Waals surface area contributed by atoms with E-state index in [0.29, 0.717) is 25.3 Å². The maximum absolute atomic E-state index is 12.8. The van der Waals surface area contributed by atoms with Gasteiger partial charge in [0.05, 0.1) is 5.37 Å². The smallest absolute Gasteiger partial charge is 0.322 e. The summed E-state index contributed by atoms with van der Waals surface area (Å²) >= 11 is 1.44. The first-order chi connectivity index (χ1) is 9.48. The van der Waals surface area contributed by atoms with Gasteiger partial charge in [0.2, 0.25) is 0 Å². The number of carbonyl (C=O) groups is 1. The molecule has 2 rings (SSSR count). The molecule has 2 fully saturated rings. The third-order valence-electron chi connectivity index (χ3n) is 3.77. The quantitative estimate of drug-likeness (QED) is 0.826. The van der Waals surface area contributed by atoms with Gasteiger partial charge >= 0.3 is 5.97 Å². The zero-order chi connectivity index (χ0) is 14.8. The molecule has 0 aromatic rings. The van der Waals surface area contributed by atoms with Crippen LogP contribution in [0.15, 0.2) is 0 Å². The lowest BCUT2D eigenvalue weighted by Gasteiger charge is -2.34. The Hall–Kier alpha value is -0.310. The van der Waals surface area contributed by atoms with Crippen molar-refractivity contribution in [1.82, 2.24) is 8.61 Å². The molecule has 0 amide bonds. The average Bonchev–Trinajstić information content (AvgIpc) is 2.85. The summed E-state index contributed by atoms with van der Waals surface area (Å²) in [7, 11) is -3.66. The summed E-state index contributed by atoms with van der Waals surface area (Å²) in [6.07, 6.45) is 4.30. The highest BCUT2D eigenvalue weighted by Crippen LogP contribution is 2.36. The van der Waals surface area contributed by atoms with E-state index in [0.717, 1.165) is 25.7 Å². The van der Waals surface area contributed by atoms with E-state index < -0.39 is 22.2 Å². The standard InChI is InChI=1S/C12H22N2O4S2/c1-2-6-11-14(10(9-19-11)12(15)16)20(17,18)13-7-4-3-5-8-13/h10-11H,2-9H2,1H3,(H,15,16). The minimum Gasteiger partial charge on any atom is -0.480 e. The monoisotopic (exact) mass is 322 g/mol.